The van der Waals surface area contributed by atoms with Gasteiger partial charge in [0.15, 0.2) is 17.4 Å². The van der Waals surface area contributed by atoms with E-state index in [1.54, 1.807) is 18.2 Å². The third-order valence-electron chi connectivity index (χ3n) is 3.48. The molecule has 2 aromatic rings. The van der Waals surface area contributed by atoms with Gasteiger partial charge < -0.3 is 10.4 Å². The summed E-state index contributed by atoms with van der Waals surface area (Å²) in [7, 11) is 0. The van der Waals surface area contributed by atoms with Crippen LogP contribution in [0.2, 0.25) is 0 Å². The first-order valence-corrected chi connectivity index (χ1v) is 6.98. The van der Waals surface area contributed by atoms with Gasteiger partial charge in [-0.3, -0.25) is 9.59 Å². The minimum atomic E-state index is -1.18. The molecule has 1 aliphatic heterocycles. The first kappa shape index (κ1) is 15.7. The summed E-state index contributed by atoms with van der Waals surface area (Å²) in [5.41, 5.74) is 1.06. The number of nitrogens with one attached hydrogen (secondary N) is 1. The van der Waals surface area contributed by atoms with Crippen LogP contribution in [0.3, 0.4) is 0 Å². The summed E-state index contributed by atoms with van der Waals surface area (Å²) in [5, 5.41) is 11.6. The summed E-state index contributed by atoms with van der Waals surface area (Å²) < 4.78 is 26.7. The predicted octanol–water partition coefficient (Wildman–Crippen LogP) is 2.85. The van der Waals surface area contributed by atoms with Crippen molar-refractivity contribution in [3.63, 3.8) is 0 Å². The Bertz CT molecular complexity index is 870. The summed E-state index contributed by atoms with van der Waals surface area (Å²) >= 11 is 0. The number of aromatic hydroxyl groups is 1. The van der Waals surface area contributed by atoms with Crippen LogP contribution in [0.4, 0.5) is 20.2 Å². The second kappa shape index (κ2) is 5.77. The fourth-order valence-electron chi connectivity index (χ4n) is 2.36. The van der Waals surface area contributed by atoms with Crippen LogP contribution in [0.25, 0.3) is 0 Å². The maximum atomic E-state index is 13.4. The second-order valence-electron chi connectivity index (χ2n) is 5.29. The molecule has 0 saturated heterocycles. The van der Waals surface area contributed by atoms with Crippen molar-refractivity contribution < 1.29 is 23.5 Å². The smallest absolute Gasteiger partial charge is 0.281 e. The predicted molar refractivity (Wildman–Crippen MR) is 83.4 cm³/mol. The van der Waals surface area contributed by atoms with Gasteiger partial charge in [-0.05, 0) is 24.6 Å². The Hall–Kier alpha value is -3.22. The number of imide groups is 1. The Balaban J connectivity index is 1.88. The molecule has 0 bridgehead atoms. The maximum Gasteiger partial charge on any atom is 0.281 e. The number of benzene rings is 2. The molecule has 0 spiro atoms. The molecule has 0 unspecified atom stereocenters. The van der Waals surface area contributed by atoms with E-state index in [2.05, 4.69) is 5.32 Å². The van der Waals surface area contributed by atoms with Crippen LogP contribution in [0, 0.1) is 18.6 Å². The van der Waals surface area contributed by atoms with E-state index in [-0.39, 0.29) is 11.4 Å². The molecule has 0 aromatic heterocycles. The minimum absolute atomic E-state index is 0.0960. The Morgan fingerprint density at radius 2 is 1.75 bits per heavy atom. The SMILES string of the molecule is Cc1cccc(N2C(=O)C=C(Nc3cc(F)c(O)c(F)c3)C2=O)c1. The van der Waals surface area contributed by atoms with Gasteiger partial charge in [0.05, 0.1) is 5.69 Å². The zero-order chi connectivity index (χ0) is 17.4. The molecule has 3 rings (SSSR count). The van der Waals surface area contributed by atoms with Gasteiger partial charge in [0.2, 0.25) is 0 Å². The molecule has 1 heterocycles. The molecule has 2 amide bonds. The molecule has 122 valence electrons. The first-order chi connectivity index (χ1) is 11.4. The number of rotatable bonds is 3. The van der Waals surface area contributed by atoms with Crippen molar-refractivity contribution in [2.75, 3.05) is 10.2 Å². The molecule has 0 radical (unpaired) electrons. The number of nitrogens with zero attached hydrogens (tertiary/aromatic N) is 1. The van der Waals surface area contributed by atoms with Crippen molar-refractivity contribution in [1.29, 1.82) is 0 Å². The third kappa shape index (κ3) is 2.71. The summed E-state index contributed by atoms with van der Waals surface area (Å²) in [4.78, 5) is 25.5. The quantitative estimate of drug-likeness (QED) is 0.671. The normalized spacial score (nSPS) is 14.1. The van der Waals surface area contributed by atoms with Gasteiger partial charge in [0.1, 0.15) is 5.70 Å². The number of carbonyl (C=O) groups excluding carboxylic acids is 2. The number of amides is 2. The van der Waals surface area contributed by atoms with Crippen molar-refractivity contribution in [2.45, 2.75) is 6.92 Å². The number of hydrogen-bond acceptors (Lipinski definition) is 4. The minimum Gasteiger partial charge on any atom is -0.503 e. The van der Waals surface area contributed by atoms with Gasteiger partial charge in [0.25, 0.3) is 11.8 Å². The van der Waals surface area contributed by atoms with Gasteiger partial charge in [-0.15, -0.1) is 0 Å². The number of anilines is 2. The number of carbonyl (C=O) groups is 2. The van der Waals surface area contributed by atoms with Crippen LogP contribution in [-0.2, 0) is 9.59 Å². The first-order valence-electron chi connectivity index (χ1n) is 6.98. The molecule has 7 heteroatoms. The molecule has 0 saturated carbocycles. The number of aryl methyl sites for hydroxylation is 1. The van der Waals surface area contributed by atoms with E-state index >= 15 is 0 Å². The summed E-state index contributed by atoms with van der Waals surface area (Å²) in [6.07, 6.45) is 1.05. The van der Waals surface area contributed by atoms with E-state index in [4.69, 9.17) is 5.11 Å². The topological polar surface area (TPSA) is 69.6 Å². The van der Waals surface area contributed by atoms with Gasteiger partial charge in [-0.2, -0.15) is 0 Å². The highest BCUT2D eigenvalue weighted by atomic mass is 19.1. The summed E-state index contributed by atoms with van der Waals surface area (Å²) in [6.45, 7) is 1.82. The van der Waals surface area contributed by atoms with Crippen molar-refractivity contribution in [3.8, 4) is 5.75 Å². The lowest BCUT2D eigenvalue weighted by atomic mass is 10.2. The lowest BCUT2D eigenvalue weighted by Gasteiger charge is -2.16. The highest BCUT2D eigenvalue weighted by molar-refractivity contribution is 6.31. The molecule has 24 heavy (non-hydrogen) atoms. The molecule has 2 aromatic carbocycles. The Morgan fingerprint density at radius 1 is 1.08 bits per heavy atom. The molecule has 0 fully saturated rings. The van der Waals surface area contributed by atoms with E-state index in [9.17, 15) is 18.4 Å². The van der Waals surface area contributed by atoms with E-state index in [0.717, 1.165) is 28.7 Å². The number of halogens is 2. The van der Waals surface area contributed by atoms with Gasteiger partial charge in [0, 0.05) is 23.9 Å². The molecule has 0 aliphatic carbocycles. The van der Waals surface area contributed by atoms with Crippen LogP contribution < -0.4 is 10.2 Å². The van der Waals surface area contributed by atoms with Crippen LogP contribution in [-0.4, -0.2) is 16.9 Å². The van der Waals surface area contributed by atoms with E-state index in [0.29, 0.717) is 5.69 Å². The Labute approximate surface area is 135 Å². The average Bonchev–Trinajstić information content (AvgIpc) is 2.79. The van der Waals surface area contributed by atoms with Gasteiger partial charge in [-0.25, -0.2) is 13.7 Å². The highest BCUT2D eigenvalue weighted by Gasteiger charge is 2.32. The Morgan fingerprint density at radius 3 is 2.38 bits per heavy atom. The fraction of sp³-hybridized carbons (Fsp3) is 0.0588. The summed E-state index contributed by atoms with van der Waals surface area (Å²) in [6, 6.07) is 8.47. The molecule has 5 nitrogen and oxygen atoms in total. The van der Waals surface area contributed by atoms with Crippen LogP contribution in [0.5, 0.6) is 5.75 Å². The highest BCUT2D eigenvalue weighted by Crippen LogP contribution is 2.27. The largest absolute Gasteiger partial charge is 0.503 e. The lowest BCUT2D eigenvalue weighted by Crippen LogP contribution is -2.31. The average molecular weight is 330 g/mol. The van der Waals surface area contributed by atoms with Gasteiger partial charge in [-0.1, -0.05) is 12.1 Å². The van der Waals surface area contributed by atoms with Crippen LogP contribution in [0.1, 0.15) is 5.56 Å². The van der Waals surface area contributed by atoms with Crippen molar-refractivity contribution in [3.05, 3.63) is 65.4 Å². The number of phenolic OH excluding ortho intramolecular Hbond substituents is 1. The lowest BCUT2D eigenvalue weighted by molar-refractivity contribution is -0.120. The molecular formula is C17H12F2N2O3. The monoisotopic (exact) mass is 330 g/mol. The van der Waals surface area contributed by atoms with Crippen molar-refractivity contribution in [1.82, 2.24) is 0 Å². The van der Waals surface area contributed by atoms with Crippen LogP contribution >= 0.6 is 0 Å². The van der Waals surface area contributed by atoms with E-state index in [1.165, 1.54) is 0 Å². The maximum absolute atomic E-state index is 13.4. The van der Waals surface area contributed by atoms with Crippen molar-refractivity contribution >= 4 is 23.2 Å². The second-order valence-corrected chi connectivity index (χ2v) is 5.29. The summed E-state index contributed by atoms with van der Waals surface area (Å²) in [5.74, 6) is -4.66. The van der Waals surface area contributed by atoms with Crippen molar-refractivity contribution in [2.24, 2.45) is 0 Å². The van der Waals surface area contributed by atoms with Crippen LogP contribution in [0.15, 0.2) is 48.2 Å². The Kier molecular flexibility index (Phi) is 3.76. The van der Waals surface area contributed by atoms with E-state index < -0.39 is 29.2 Å². The third-order valence-corrected chi connectivity index (χ3v) is 3.48. The zero-order valence-corrected chi connectivity index (χ0v) is 12.5. The molecule has 2 N–H and O–H groups in total. The molecule has 0 atom stereocenters. The number of phenols is 1. The molecular weight excluding hydrogens is 318 g/mol. The van der Waals surface area contributed by atoms with E-state index in [1.807, 2.05) is 13.0 Å². The number of hydrogen-bond donors (Lipinski definition) is 2. The van der Waals surface area contributed by atoms with Gasteiger partial charge >= 0.3 is 0 Å². The molecule has 1 aliphatic rings. The zero-order valence-electron chi connectivity index (χ0n) is 12.5. The standard InChI is InChI=1S/C17H12F2N2O3/c1-9-3-2-4-11(5-9)21-15(22)8-14(17(21)24)20-10-6-12(18)16(23)13(19)7-10/h2-8,20,23H,1H3. The fourth-order valence-corrected chi connectivity index (χ4v) is 2.36.